The molecule has 2 N–H and O–H groups in total. The Labute approximate surface area is 118 Å². The fourth-order valence-corrected chi connectivity index (χ4v) is 2.63. The number of fused-ring (bicyclic) bond motifs is 1. The highest BCUT2D eigenvalue weighted by Gasteiger charge is 2.41. The summed E-state index contributed by atoms with van der Waals surface area (Å²) in [6, 6.07) is 6.88. The minimum Gasteiger partial charge on any atom is -0.390 e. The number of benzene rings is 1. The number of sulfone groups is 1. The smallest absolute Gasteiger partial charge is 0.241 e. The monoisotopic (exact) mass is 297 g/mol. The van der Waals surface area contributed by atoms with Crippen LogP contribution in [0.3, 0.4) is 0 Å². The van der Waals surface area contributed by atoms with E-state index in [0.717, 1.165) is 17.4 Å². The summed E-state index contributed by atoms with van der Waals surface area (Å²) in [7, 11) is -3.53. The molecule has 0 fully saturated rings. The molecule has 1 aromatic rings. The molecule has 5 nitrogen and oxygen atoms in total. The van der Waals surface area contributed by atoms with E-state index in [1.165, 1.54) is 13.8 Å². The maximum Gasteiger partial charge on any atom is 0.241 e. The predicted octanol–water partition coefficient (Wildman–Crippen LogP) is 0.584. The highest BCUT2D eigenvalue weighted by Crippen LogP contribution is 2.32. The molecule has 0 bridgehead atoms. The van der Waals surface area contributed by atoms with E-state index in [9.17, 15) is 18.3 Å². The van der Waals surface area contributed by atoms with Gasteiger partial charge in [-0.15, -0.1) is 0 Å². The van der Waals surface area contributed by atoms with Crippen molar-refractivity contribution in [2.75, 3.05) is 6.26 Å². The Morgan fingerprint density at radius 3 is 2.55 bits per heavy atom. The van der Waals surface area contributed by atoms with Crippen LogP contribution in [0.15, 0.2) is 24.3 Å². The molecule has 1 aliphatic carbocycles. The van der Waals surface area contributed by atoms with Crippen LogP contribution in [0.1, 0.15) is 31.0 Å². The summed E-state index contributed by atoms with van der Waals surface area (Å²) in [4.78, 5) is 12.2. The van der Waals surface area contributed by atoms with E-state index in [1.807, 2.05) is 24.3 Å². The number of nitrogens with one attached hydrogen (secondary N) is 1. The minimum absolute atomic E-state index is 0.459. The highest BCUT2D eigenvalue weighted by molar-refractivity contribution is 7.92. The van der Waals surface area contributed by atoms with Gasteiger partial charge in [0.15, 0.2) is 9.84 Å². The fraction of sp³-hybridized carbons (Fsp3) is 0.500. The number of carbonyl (C=O) groups excluding carboxylic acids is 1. The summed E-state index contributed by atoms with van der Waals surface area (Å²) in [5.74, 6) is -0.597. The Bertz CT molecular complexity index is 636. The molecule has 0 aromatic heterocycles. The molecule has 0 saturated carbocycles. The minimum atomic E-state index is -3.53. The van der Waals surface area contributed by atoms with Gasteiger partial charge in [0.05, 0.1) is 12.1 Å². The van der Waals surface area contributed by atoms with Gasteiger partial charge in [-0.25, -0.2) is 8.42 Å². The Kier molecular flexibility index (Phi) is 3.64. The first kappa shape index (κ1) is 15.0. The van der Waals surface area contributed by atoms with Crippen molar-refractivity contribution in [3.05, 3.63) is 35.4 Å². The molecule has 1 amide bonds. The van der Waals surface area contributed by atoms with Crippen molar-refractivity contribution >= 4 is 15.7 Å². The van der Waals surface area contributed by atoms with Crippen LogP contribution in [0.2, 0.25) is 0 Å². The first-order chi connectivity index (χ1) is 9.14. The van der Waals surface area contributed by atoms with Gasteiger partial charge in [-0.05, 0) is 25.0 Å². The van der Waals surface area contributed by atoms with Gasteiger partial charge >= 0.3 is 0 Å². The maximum absolute atomic E-state index is 12.2. The van der Waals surface area contributed by atoms with Gasteiger partial charge < -0.3 is 10.4 Å². The summed E-state index contributed by atoms with van der Waals surface area (Å²) in [5, 5.41) is 12.7. The lowest BCUT2D eigenvalue weighted by atomic mass is 10.1. The third-order valence-corrected chi connectivity index (χ3v) is 6.00. The Hall–Kier alpha value is -1.40. The van der Waals surface area contributed by atoms with Crippen LogP contribution in [-0.2, 0) is 21.1 Å². The normalized spacial score (nSPS) is 22.4. The van der Waals surface area contributed by atoms with Gasteiger partial charge in [0.1, 0.15) is 4.75 Å². The van der Waals surface area contributed by atoms with Crippen molar-refractivity contribution in [1.82, 2.24) is 5.32 Å². The van der Waals surface area contributed by atoms with Gasteiger partial charge in [-0.1, -0.05) is 24.3 Å². The third kappa shape index (κ3) is 2.45. The standard InChI is InChI=1S/C14H19NO4S/c1-14(2,20(3,18)19)13(17)15-12-10-7-5-4-6-9(10)8-11(12)16/h4-7,11-12,16H,8H2,1-3H3,(H,15,17). The van der Waals surface area contributed by atoms with Crippen molar-refractivity contribution in [2.24, 2.45) is 0 Å². The van der Waals surface area contributed by atoms with Crippen LogP contribution >= 0.6 is 0 Å². The van der Waals surface area contributed by atoms with Crippen molar-refractivity contribution in [3.8, 4) is 0 Å². The van der Waals surface area contributed by atoms with E-state index in [1.54, 1.807) is 0 Å². The molecule has 20 heavy (non-hydrogen) atoms. The number of amides is 1. The predicted molar refractivity (Wildman–Crippen MR) is 76.0 cm³/mol. The zero-order valence-corrected chi connectivity index (χ0v) is 12.6. The Morgan fingerprint density at radius 2 is 1.95 bits per heavy atom. The van der Waals surface area contributed by atoms with Crippen LogP contribution in [0.5, 0.6) is 0 Å². The molecule has 2 atom stereocenters. The van der Waals surface area contributed by atoms with Crippen LogP contribution < -0.4 is 5.32 Å². The first-order valence-electron chi connectivity index (χ1n) is 6.41. The molecular weight excluding hydrogens is 278 g/mol. The molecule has 2 unspecified atom stereocenters. The summed E-state index contributed by atoms with van der Waals surface area (Å²) >= 11 is 0. The summed E-state index contributed by atoms with van der Waals surface area (Å²) in [5.41, 5.74) is 1.82. The van der Waals surface area contributed by atoms with Crippen LogP contribution in [0, 0.1) is 0 Å². The molecule has 0 spiro atoms. The quantitative estimate of drug-likeness (QED) is 0.855. The van der Waals surface area contributed by atoms with Crippen LogP contribution in [-0.4, -0.2) is 36.5 Å². The SMILES string of the molecule is CC(C)(C(=O)NC1c2ccccc2CC1O)S(C)(=O)=O. The van der Waals surface area contributed by atoms with E-state index < -0.39 is 32.6 Å². The van der Waals surface area contributed by atoms with Crippen LogP contribution in [0.25, 0.3) is 0 Å². The van der Waals surface area contributed by atoms with Gasteiger partial charge in [-0.3, -0.25) is 4.79 Å². The third-order valence-electron chi connectivity index (χ3n) is 3.96. The molecule has 1 aliphatic rings. The average Bonchev–Trinajstić information content (AvgIpc) is 2.64. The number of hydrogen-bond donors (Lipinski definition) is 2. The van der Waals surface area contributed by atoms with E-state index in [4.69, 9.17) is 0 Å². The van der Waals surface area contributed by atoms with E-state index in [-0.39, 0.29) is 0 Å². The van der Waals surface area contributed by atoms with Crippen molar-refractivity contribution in [1.29, 1.82) is 0 Å². The Morgan fingerprint density at radius 1 is 1.35 bits per heavy atom. The number of carbonyl (C=O) groups is 1. The molecule has 1 aromatic carbocycles. The molecule has 0 aliphatic heterocycles. The van der Waals surface area contributed by atoms with Gasteiger partial charge in [-0.2, -0.15) is 0 Å². The van der Waals surface area contributed by atoms with E-state index in [0.29, 0.717) is 6.42 Å². The fourth-order valence-electron chi connectivity index (χ4n) is 2.23. The topological polar surface area (TPSA) is 83.5 Å². The summed E-state index contributed by atoms with van der Waals surface area (Å²) < 4.78 is 21.8. The molecule has 0 heterocycles. The molecule has 0 saturated heterocycles. The largest absolute Gasteiger partial charge is 0.390 e. The van der Waals surface area contributed by atoms with Crippen LogP contribution in [0.4, 0.5) is 0 Å². The maximum atomic E-state index is 12.2. The molecular formula is C14H19NO4S. The lowest BCUT2D eigenvalue weighted by molar-refractivity contribution is -0.124. The number of aliphatic hydroxyl groups excluding tert-OH is 1. The van der Waals surface area contributed by atoms with E-state index >= 15 is 0 Å². The van der Waals surface area contributed by atoms with E-state index in [2.05, 4.69) is 5.32 Å². The molecule has 6 heteroatoms. The number of hydrogen-bond acceptors (Lipinski definition) is 4. The second-order valence-corrected chi connectivity index (χ2v) is 8.27. The van der Waals surface area contributed by atoms with Crippen molar-refractivity contribution in [2.45, 2.75) is 37.2 Å². The van der Waals surface area contributed by atoms with Crippen molar-refractivity contribution < 1.29 is 18.3 Å². The van der Waals surface area contributed by atoms with Gasteiger partial charge in [0.25, 0.3) is 0 Å². The first-order valence-corrected chi connectivity index (χ1v) is 8.30. The van der Waals surface area contributed by atoms with Crippen molar-refractivity contribution in [3.63, 3.8) is 0 Å². The van der Waals surface area contributed by atoms with Gasteiger partial charge in [0.2, 0.25) is 5.91 Å². The highest BCUT2D eigenvalue weighted by atomic mass is 32.2. The Balaban J connectivity index is 2.25. The number of aliphatic hydroxyl groups is 1. The zero-order valence-electron chi connectivity index (χ0n) is 11.8. The molecule has 0 radical (unpaired) electrons. The lowest BCUT2D eigenvalue weighted by Gasteiger charge is -2.26. The lowest BCUT2D eigenvalue weighted by Crippen LogP contribution is -2.49. The van der Waals surface area contributed by atoms with Gasteiger partial charge in [0, 0.05) is 12.7 Å². The second kappa shape index (κ2) is 4.86. The second-order valence-electron chi connectivity index (χ2n) is 5.70. The summed E-state index contributed by atoms with van der Waals surface area (Å²) in [6.07, 6.45) is 0.762. The zero-order chi connectivity index (χ0) is 15.1. The summed E-state index contributed by atoms with van der Waals surface area (Å²) in [6.45, 7) is 2.73. The average molecular weight is 297 g/mol. The number of rotatable bonds is 3. The molecule has 110 valence electrons. The molecule has 2 rings (SSSR count).